The van der Waals surface area contributed by atoms with Crippen LogP contribution in [0.1, 0.15) is 20.7 Å². The molecule has 0 unspecified atom stereocenters. The van der Waals surface area contributed by atoms with E-state index in [-0.39, 0.29) is 11.1 Å². The number of carboxylic acids is 2. The fourth-order valence-corrected chi connectivity index (χ4v) is 3.61. The summed E-state index contributed by atoms with van der Waals surface area (Å²) in [5, 5.41) is 26.8. The third kappa shape index (κ3) is 11.6. The minimum atomic E-state index is -1.52. The van der Waals surface area contributed by atoms with Gasteiger partial charge in [0.15, 0.2) is 0 Å². The van der Waals surface area contributed by atoms with Crippen LogP contribution in [0.5, 0.6) is 0 Å². The predicted octanol–water partition coefficient (Wildman–Crippen LogP) is 0.0646. The minimum Gasteiger partial charge on any atom is -0.545 e. The summed E-state index contributed by atoms with van der Waals surface area (Å²) in [5.41, 5.74) is 14.8. The van der Waals surface area contributed by atoms with Crippen molar-refractivity contribution in [3.8, 4) is 0 Å². The maximum Gasteiger partial charge on any atom is 0.350 e. The Kier molecular flexibility index (Phi) is 12.7. The summed E-state index contributed by atoms with van der Waals surface area (Å²) < 4.78 is 0. The van der Waals surface area contributed by atoms with E-state index in [2.05, 4.69) is 20.6 Å². The number of anilines is 2. The Labute approximate surface area is 255 Å². The smallest absolute Gasteiger partial charge is 0.350 e. The molecule has 5 aromatic carbocycles. The molecule has 44 heavy (non-hydrogen) atoms. The third-order valence-electron chi connectivity index (χ3n) is 5.58. The SMILES string of the molecule is NC(Nc1ccccc1)=[NH+]c1ccccc1.NC(Nc1ccccc1)=[NH+]c1ccccc1.O=C([O-])c1ccccc1C(=O)[O-]. The molecule has 0 saturated carbocycles. The van der Waals surface area contributed by atoms with Gasteiger partial charge >= 0.3 is 11.9 Å². The first-order valence-electron chi connectivity index (χ1n) is 13.4. The number of guanidine groups is 2. The topological polar surface area (TPSA) is 184 Å². The van der Waals surface area contributed by atoms with Crippen molar-refractivity contribution >= 4 is 46.6 Å². The van der Waals surface area contributed by atoms with E-state index in [4.69, 9.17) is 11.5 Å². The van der Waals surface area contributed by atoms with E-state index in [1.165, 1.54) is 12.1 Å². The van der Waals surface area contributed by atoms with Gasteiger partial charge in [0.25, 0.3) is 0 Å². The maximum absolute atomic E-state index is 10.3. The van der Waals surface area contributed by atoms with Crippen molar-refractivity contribution in [1.29, 1.82) is 0 Å². The molecule has 0 aromatic heterocycles. The molecule has 0 aliphatic heterocycles. The summed E-state index contributed by atoms with van der Waals surface area (Å²) in [6, 6.07) is 44.3. The van der Waals surface area contributed by atoms with Crippen LogP contribution in [0.2, 0.25) is 0 Å². The van der Waals surface area contributed by atoms with Gasteiger partial charge in [0.05, 0.1) is 34.7 Å². The molecule has 0 spiro atoms. The van der Waals surface area contributed by atoms with E-state index in [0.717, 1.165) is 34.9 Å². The first kappa shape index (κ1) is 32.1. The molecular formula is C34H32N6O4. The van der Waals surface area contributed by atoms with E-state index < -0.39 is 11.9 Å². The number of benzene rings is 5. The second-order valence-electron chi connectivity index (χ2n) is 8.91. The number of hydrogen-bond donors (Lipinski definition) is 6. The zero-order valence-electron chi connectivity index (χ0n) is 23.6. The normalized spacial score (nSPS) is 10.6. The highest BCUT2D eigenvalue weighted by molar-refractivity contribution is 5.99. The lowest BCUT2D eigenvalue weighted by Crippen LogP contribution is -2.71. The lowest BCUT2D eigenvalue weighted by molar-refractivity contribution is -0.355. The van der Waals surface area contributed by atoms with Crippen LogP contribution in [0.25, 0.3) is 0 Å². The fourth-order valence-electron chi connectivity index (χ4n) is 3.61. The van der Waals surface area contributed by atoms with Gasteiger partial charge in [0.2, 0.25) is 0 Å². The van der Waals surface area contributed by atoms with Gasteiger partial charge < -0.3 is 19.8 Å². The maximum atomic E-state index is 10.3. The van der Waals surface area contributed by atoms with Gasteiger partial charge in [-0.1, -0.05) is 97.1 Å². The quantitative estimate of drug-likeness (QED) is 0.119. The van der Waals surface area contributed by atoms with Crippen LogP contribution in [-0.2, 0) is 0 Å². The zero-order chi connectivity index (χ0) is 31.6. The average molecular weight is 589 g/mol. The molecule has 0 amide bonds. The van der Waals surface area contributed by atoms with Crippen molar-refractivity contribution < 1.29 is 29.8 Å². The zero-order valence-corrected chi connectivity index (χ0v) is 23.6. The summed E-state index contributed by atoms with van der Waals surface area (Å²) in [6.07, 6.45) is 0. The van der Waals surface area contributed by atoms with Crippen LogP contribution in [0.15, 0.2) is 146 Å². The Morgan fingerprint density at radius 2 is 0.727 bits per heavy atom. The Balaban J connectivity index is 0.000000183. The number of carbonyl (C=O) groups excluding carboxylic acids is 2. The van der Waals surface area contributed by atoms with E-state index in [1.54, 1.807) is 0 Å². The molecule has 5 rings (SSSR count). The molecule has 0 saturated heterocycles. The molecule has 222 valence electrons. The molecule has 0 radical (unpaired) electrons. The molecule has 0 bridgehead atoms. The first-order valence-corrected chi connectivity index (χ1v) is 13.4. The molecule has 0 atom stereocenters. The Hall–Kier alpha value is -6.42. The van der Waals surface area contributed by atoms with Gasteiger partial charge in [-0.25, -0.2) is 20.6 Å². The second-order valence-corrected chi connectivity index (χ2v) is 8.91. The van der Waals surface area contributed by atoms with Crippen molar-refractivity contribution in [2.24, 2.45) is 11.5 Å². The lowest BCUT2D eigenvalue weighted by atomic mass is 10.1. The Bertz CT molecular complexity index is 1540. The van der Waals surface area contributed by atoms with Crippen molar-refractivity contribution in [2.75, 3.05) is 10.6 Å². The molecule has 5 aromatic rings. The van der Waals surface area contributed by atoms with Gasteiger partial charge in [0, 0.05) is 11.1 Å². The first-order chi connectivity index (χ1) is 21.3. The number of carboxylic acid groups (broad SMARTS) is 2. The van der Waals surface area contributed by atoms with E-state index in [9.17, 15) is 19.8 Å². The number of carbonyl (C=O) groups is 2. The molecule has 0 fully saturated rings. The summed E-state index contributed by atoms with van der Waals surface area (Å²) in [6.45, 7) is 0. The predicted molar refractivity (Wildman–Crippen MR) is 168 cm³/mol. The van der Waals surface area contributed by atoms with Gasteiger partial charge in [0.1, 0.15) is 0 Å². The number of aromatic carboxylic acids is 2. The summed E-state index contributed by atoms with van der Waals surface area (Å²) in [7, 11) is 0. The van der Waals surface area contributed by atoms with Gasteiger partial charge in [-0.15, -0.1) is 0 Å². The van der Waals surface area contributed by atoms with Crippen LogP contribution in [0.4, 0.5) is 22.7 Å². The fraction of sp³-hybridized carbons (Fsp3) is 0. The van der Waals surface area contributed by atoms with Crippen molar-refractivity contribution in [3.05, 3.63) is 157 Å². The highest BCUT2D eigenvalue weighted by Crippen LogP contribution is 2.06. The number of rotatable bonds is 6. The van der Waals surface area contributed by atoms with Crippen molar-refractivity contribution in [2.45, 2.75) is 0 Å². The molecule has 10 nitrogen and oxygen atoms in total. The number of para-hydroxylation sites is 4. The summed E-state index contributed by atoms with van der Waals surface area (Å²) >= 11 is 0. The molecule has 10 heteroatoms. The summed E-state index contributed by atoms with van der Waals surface area (Å²) in [5.74, 6) is -2.01. The number of hydrogen-bond acceptors (Lipinski definition) is 4. The van der Waals surface area contributed by atoms with Crippen molar-refractivity contribution in [1.82, 2.24) is 0 Å². The number of nitrogens with two attached hydrogens (primary N) is 2. The van der Waals surface area contributed by atoms with Crippen molar-refractivity contribution in [3.63, 3.8) is 0 Å². The molecule has 0 aliphatic rings. The second kappa shape index (κ2) is 17.4. The highest BCUT2D eigenvalue weighted by Gasteiger charge is 2.02. The largest absolute Gasteiger partial charge is 0.545 e. The molecule has 0 aliphatic carbocycles. The van der Waals surface area contributed by atoms with Gasteiger partial charge in [-0.05, 0) is 48.5 Å². The van der Waals surface area contributed by atoms with Crippen LogP contribution >= 0.6 is 0 Å². The van der Waals surface area contributed by atoms with E-state index in [1.807, 2.05) is 121 Å². The standard InChI is InChI=1S/2C13H13N3.C8H6O4/c2*14-13(15-11-7-3-1-4-8-11)16-12-9-5-2-6-10-12;9-7(10)5-3-1-2-4-6(5)8(11)12/h2*1-10H,(H3,14,15,16);1-4H,(H,9,10)(H,11,12). The third-order valence-corrected chi connectivity index (χ3v) is 5.58. The van der Waals surface area contributed by atoms with Crippen LogP contribution < -0.4 is 42.3 Å². The average Bonchev–Trinajstić information content (AvgIpc) is 3.03. The summed E-state index contributed by atoms with van der Waals surface area (Å²) in [4.78, 5) is 26.8. The molecule has 8 N–H and O–H groups in total. The number of nitrogens with one attached hydrogen (secondary N) is 4. The van der Waals surface area contributed by atoms with E-state index >= 15 is 0 Å². The molecular weight excluding hydrogens is 556 g/mol. The van der Waals surface area contributed by atoms with Gasteiger partial charge in [-0.2, -0.15) is 0 Å². The molecule has 0 heterocycles. The van der Waals surface area contributed by atoms with Crippen LogP contribution in [0, 0.1) is 0 Å². The Morgan fingerprint density at radius 1 is 0.455 bits per heavy atom. The minimum absolute atomic E-state index is 0.363. The van der Waals surface area contributed by atoms with Crippen LogP contribution in [0.3, 0.4) is 0 Å². The highest BCUT2D eigenvalue weighted by atomic mass is 16.4. The van der Waals surface area contributed by atoms with Gasteiger partial charge in [-0.3, -0.25) is 11.5 Å². The van der Waals surface area contributed by atoms with E-state index in [0.29, 0.717) is 11.9 Å². The van der Waals surface area contributed by atoms with Crippen LogP contribution in [-0.4, -0.2) is 23.9 Å². The lowest BCUT2D eigenvalue weighted by Gasteiger charge is -2.09. The Morgan fingerprint density at radius 3 is 1.02 bits per heavy atom. The monoisotopic (exact) mass is 588 g/mol.